The van der Waals surface area contributed by atoms with Crippen molar-refractivity contribution in [3.63, 3.8) is 0 Å². The van der Waals surface area contributed by atoms with Crippen molar-refractivity contribution in [3.8, 4) is 0 Å². The van der Waals surface area contributed by atoms with Crippen LogP contribution in [-0.2, 0) is 11.2 Å². The average molecular weight is 225 g/mol. The van der Waals surface area contributed by atoms with Gasteiger partial charge in [0.1, 0.15) is 0 Å². The summed E-state index contributed by atoms with van der Waals surface area (Å²) in [7, 11) is 0. The summed E-state index contributed by atoms with van der Waals surface area (Å²) in [5.41, 5.74) is 6.56. The van der Waals surface area contributed by atoms with Crippen LogP contribution in [0.3, 0.4) is 0 Å². The Morgan fingerprint density at radius 1 is 1.53 bits per heavy atom. The van der Waals surface area contributed by atoms with Crippen molar-refractivity contribution in [2.45, 2.75) is 12.5 Å². The second-order valence-electron chi connectivity index (χ2n) is 3.87. The summed E-state index contributed by atoms with van der Waals surface area (Å²) in [5, 5.41) is 0.667. The van der Waals surface area contributed by atoms with Gasteiger partial charge in [0.05, 0.1) is 6.42 Å². The third-order valence-corrected chi connectivity index (χ3v) is 2.74. The Balaban J connectivity index is 1.94. The van der Waals surface area contributed by atoms with E-state index in [9.17, 15) is 4.79 Å². The molecular formula is C11H13ClN2O. The summed E-state index contributed by atoms with van der Waals surface area (Å²) in [4.78, 5) is 13.4. The van der Waals surface area contributed by atoms with Crippen LogP contribution in [0.4, 0.5) is 0 Å². The zero-order chi connectivity index (χ0) is 10.8. The number of benzene rings is 1. The Kier molecular flexibility index (Phi) is 2.93. The van der Waals surface area contributed by atoms with E-state index in [0.29, 0.717) is 24.5 Å². The number of hydrogen-bond acceptors (Lipinski definition) is 2. The summed E-state index contributed by atoms with van der Waals surface area (Å²) < 4.78 is 0. The van der Waals surface area contributed by atoms with Gasteiger partial charge in [0.25, 0.3) is 0 Å². The second kappa shape index (κ2) is 4.21. The van der Waals surface area contributed by atoms with Crippen molar-refractivity contribution >= 4 is 17.5 Å². The van der Waals surface area contributed by atoms with Gasteiger partial charge in [-0.2, -0.15) is 0 Å². The zero-order valence-electron chi connectivity index (χ0n) is 8.32. The molecule has 1 aliphatic heterocycles. The van der Waals surface area contributed by atoms with Gasteiger partial charge in [0.2, 0.25) is 5.91 Å². The average Bonchev–Trinajstić information content (AvgIpc) is 2.13. The molecule has 1 aromatic carbocycles. The highest BCUT2D eigenvalue weighted by atomic mass is 35.5. The van der Waals surface area contributed by atoms with E-state index < -0.39 is 0 Å². The largest absolute Gasteiger partial charge is 0.339 e. The van der Waals surface area contributed by atoms with Gasteiger partial charge in [0.15, 0.2) is 0 Å². The maximum atomic E-state index is 11.7. The molecule has 2 N–H and O–H groups in total. The van der Waals surface area contributed by atoms with E-state index in [-0.39, 0.29) is 11.9 Å². The van der Waals surface area contributed by atoms with Crippen molar-refractivity contribution in [3.05, 3.63) is 34.9 Å². The quantitative estimate of drug-likeness (QED) is 0.817. The van der Waals surface area contributed by atoms with Gasteiger partial charge >= 0.3 is 0 Å². The van der Waals surface area contributed by atoms with Crippen LogP contribution in [0.25, 0.3) is 0 Å². The SMILES string of the molecule is NC1CN(C(=O)Cc2cccc(Cl)c2)C1. The van der Waals surface area contributed by atoms with Crippen molar-refractivity contribution in [1.29, 1.82) is 0 Å². The fourth-order valence-corrected chi connectivity index (χ4v) is 1.86. The number of nitrogens with two attached hydrogens (primary N) is 1. The predicted molar refractivity (Wildman–Crippen MR) is 59.7 cm³/mol. The van der Waals surface area contributed by atoms with Gasteiger partial charge in [-0.15, -0.1) is 0 Å². The topological polar surface area (TPSA) is 46.3 Å². The Bertz CT molecular complexity index is 375. The normalized spacial score (nSPS) is 16.3. The molecule has 0 spiro atoms. The minimum absolute atomic E-state index is 0.124. The van der Waals surface area contributed by atoms with Crippen molar-refractivity contribution in [2.24, 2.45) is 5.73 Å². The molecule has 1 aromatic rings. The molecule has 1 heterocycles. The van der Waals surface area contributed by atoms with Crippen LogP contribution in [-0.4, -0.2) is 29.9 Å². The van der Waals surface area contributed by atoms with E-state index in [4.69, 9.17) is 17.3 Å². The molecule has 2 rings (SSSR count). The molecule has 15 heavy (non-hydrogen) atoms. The fourth-order valence-electron chi connectivity index (χ4n) is 1.65. The third kappa shape index (κ3) is 2.49. The highest BCUT2D eigenvalue weighted by Crippen LogP contribution is 2.13. The summed E-state index contributed by atoms with van der Waals surface area (Å²) in [6.45, 7) is 1.36. The first-order valence-electron chi connectivity index (χ1n) is 4.93. The second-order valence-corrected chi connectivity index (χ2v) is 4.30. The molecule has 0 aliphatic carbocycles. The van der Waals surface area contributed by atoms with Gasteiger partial charge in [-0.25, -0.2) is 0 Å². The molecule has 0 saturated carbocycles. The number of carbonyl (C=O) groups is 1. The van der Waals surface area contributed by atoms with E-state index in [1.165, 1.54) is 0 Å². The van der Waals surface area contributed by atoms with Crippen molar-refractivity contribution in [2.75, 3.05) is 13.1 Å². The lowest BCUT2D eigenvalue weighted by molar-refractivity contribution is -0.134. The highest BCUT2D eigenvalue weighted by molar-refractivity contribution is 6.30. The molecule has 0 radical (unpaired) electrons. The highest BCUT2D eigenvalue weighted by Gasteiger charge is 2.27. The first-order chi connectivity index (χ1) is 7.15. The summed E-state index contributed by atoms with van der Waals surface area (Å²) in [6, 6.07) is 7.54. The number of likely N-dealkylation sites (tertiary alicyclic amines) is 1. The van der Waals surface area contributed by atoms with Crippen LogP contribution in [0, 0.1) is 0 Å². The Labute approximate surface area is 93.8 Å². The van der Waals surface area contributed by atoms with E-state index in [0.717, 1.165) is 5.56 Å². The van der Waals surface area contributed by atoms with Crippen LogP contribution in [0.15, 0.2) is 24.3 Å². The van der Waals surface area contributed by atoms with Gasteiger partial charge in [-0.3, -0.25) is 4.79 Å². The lowest BCUT2D eigenvalue weighted by Gasteiger charge is -2.36. The lowest BCUT2D eigenvalue weighted by atomic mass is 10.1. The number of hydrogen-bond donors (Lipinski definition) is 1. The van der Waals surface area contributed by atoms with Crippen LogP contribution < -0.4 is 5.73 Å². The summed E-state index contributed by atoms with van der Waals surface area (Å²) in [6.07, 6.45) is 0.410. The van der Waals surface area contributed by atoms with Gasteiger partial charge in [-0.1, -0.05) is 23.7 Å². The maximum absolute atomic E-state index is 11.7. The number of halogens is 1. The smallest absolute Gasteiger partial charge is 0.227 e. The van der Waals surface area contributed by atoms with Crippen molar-refractivity contribution in [1.82, 2.24) is 4.90 Å². The summed E-state index contributed by atoms with van der Waals surface area (Å²) in [5.74, 6) is 0.124. The predicted octanol–water partition coefficient (Wildman–Crippen LogP) is 1.05. The Hall–Kier alpha value is -1.06. The van der Waals surface area contributed by atoms with Gasteiger partial charge in [-0.05, 0) is 17.7 Å². The molecule has 80 valence electrons. The molecular weight excluding hydrogens is 212 g/mol. The van der Waals surface area contributed by atoms with Crippen molar-refractivity contribution < 1.29 is 4.79 Å². The lowest BCUT2D eigenvalue weighted by Crippen LogP contribution is -2.58. The minimum atomic E-state index is 0.124. The van der Waals surface area contributed by atoms with Gasteiger partial charge < -0.3 is 10.6 Å². The fraction of sp³-hybridized carbons (Fsp3) is 0.364. The Morgan fingerprint density at radius 3 is 2.87 bits per heavy atom. The van der Waals surface area contributed by atoms with Crippen LogP contribution >= 0.6 is 11.6 Å². The molecule has 0 unspecified atom stereocenters. The molecule has 3 nitrogen and oxygen atoms in total. The number of amides is 1. The molecule has 1 saturated heterocycles. The van der Waals surface area contributed by atoms with Gasteiger partial charge in [0, 0.05) is 24.2 Å². The van der Waals surface area contributed by atoms with Crippen LogP contribution in [0.1, 0.15) is 5.56 Å². The third-order valence-electron chi connectivity index (χ3n) is 2.51. The molecule has 1 aliphatic rings. The molecule has 4 heteroatoms. The first kappa shape index (κ1) is 10.5. The molecule has 1 amide bonds. The first-order valence-corrected chi connectivity index (χ1v) is 5.31. The molecule has 1 fully saturated rings. The monoisotopic (exact) mass is 224 g/mol. The number of nitrogens with zero attached hydrogens (tertiary/aromatic N) is 1. The molecule has 0 atom stereocenters. The summed E-state index contributed by atoms with van der Waals surface area (Å²) >= 11 is 5.83. The van der Waals surface area contributed by atoms with Crippen LogP contribution in [0.2, 0.25) is 5.02 Å². The van der Waals surface area contributed by atoms with E-state index in [1.54, 1.807) is 11.0 Å². The van der Waals surface area contributed by atoms with E-state index in [1.807, 2.05) is 18.2 Å². The molecule has 0 bridgehead atoms. The zero-order valence-corrected chi connectivity index (χ0v) is 9.07. The Morgan fingerprint density at radius 2 is 2.27 bits per heavy atom. The van der Waals surface area contributed by atoms with Crippen LogP contribution in [0.5, 0.6) is 0 Å². The van der Waals surface area contributed by atoms with E-state index in [2.05, 4.69) is 0 Å². The maximum Gasteiger partial charge on any atom is 0.227 e. The number of carbonyl (C=O) groups excluding carboxylic acids is 1. The number of rotatable bonds is 2. The molecule has 0 aromatic heterocycles. The standard InChI is InChI=1S/C11H13ClN2O/c12-9-3-1-2-8(4-9)5-11(15)14-6-10(13)7-14/h1-4,10H,5-7,13H2. The minimum Gasteiger partial charge on any atom is -0.339 e. The van der Waals surface area contributed by atoms with E-state index >= 15 is 0 Å².